The minimum atomic E-state index is 0. The summed E-state index contributed by atoms with van der Waals surface area (Å²) in [6, 6.07) is 37.4. The Hall–Kier alpha value is -4.44. The first-order valence-electron chi connectivity index (χ1n) is 17.5. The average molecular weight is 836 g/mol. The smallest absolute Gasteiger partial charge is 0.216 e. The monoisotopic (exact) mass is 836 g/mol. The van der Waals surface area contributed by atoms with Gasteiger partial charge in [-0.25, -0.2) is 4.98 Å². The molecule has 0 atom stereocenters. The van der Waals surface area contributed by atoms with Crippen LogP contribution in [0.2, 0.25) is 0 Å². The maximum absolute atomic E-state index is 6.48. The molecule has 4 heterocycles. The number of nitrogens with zero attached hydrogens (tertiary/aromatic N) is 3. The molecule has 3 aromatic carbocycles. The zero-order valence-electron chi connectivity index (χ0n) is 30.0. The molecular weight excluding hydrogens is 791 g/mol. The van der Waals surface area contributed by atoms with Crippen LogP contribution < -0.4 is 0 Å². The molecule has 0 N–H and O–H groups in total. The Balaban J connectivity index is 0.000000315. The van der Waals surface area contributed by atoms with Crippen LogP contribution in [0.3, 0.4) is 0 Å². The summed E-state index contributed by atoms with van der Waals surface area (Å²) in [4.78, 5) is 14.2. The molecule has 7 rings (SSSR count). The zero-order chi connectivity index (χ0) is 34.5. The van der Waals surface area contributed by atoms with Gasteiger partial charge in [0.15, 0.2) is 0 Å². The van der Waals surface area contributed by atoms with Gasteiger partial charge in [0.25, 0.3) is 0 Å². The van der Waals surface area contributed by atoms with Crippen molar-refractivity contribution in [3.05, 3.63) is 138 Å². The standard InChI is InChI=1S/C34H37N2O.C11H8N.Ir/c1-8-23(9-2)29-19-35-31(18-22(29)7)28-15-11-14-26-27-16-17-30(36-34(27)37-33(26)28)32-24(20(3)4)12-10-13-25(32)21(5)6;1-2-6-10(7-3-1)11-8-4-5-9-12-11;/h10-14,16-21,23H,8-9H2,1-7H3;1-6,8-9H;/q2*-1;. The molecule has 0 aliphatic rings. The largest absolute Gasteiger partial charge is 0.486 e. The van der Waals surface area contributed by atoms with Crippen LogP contribution in [-0.2, 0) is 20.1 Å². The Morgan fingerprint density at radius 2 is 1.42 bits per heavy atom. The van der Waals surface area contributed by atoms with Gasteiger partial charge in [-0.1, -0.05) is 94.5 Å². The van der Waals surface area contributed by atoms with E-state index in [9.17, 15) is 0 Å². The minimum absolute atomic E-state index is 0. The van der Waals surface area contributed by atoms with Crippen molar-refractivity contribution >= 4 is 22.1 Å². The van der Waals surface area contributed by atoms with Gasteiger partial charge in [0.2, 0.25) is 5.71 Å². The molecule has 257 valence electrons. The van der Waals surface area contributed by atoms with Gasteiger partial charge in [-0.15, -0.1) is 54.1 Å². The van der Waals surface area contributed by atoms with E-state index in [0.29, 0.717) is 23.5 Å². The fraction of sp³-hybridized carbons (Fsp3) is 0.267. The molecule has 0 amide bonds. The first-order valence-corrected chi connectivity index (χ1v) is 17.5. The van der Waals surface area contributed by atoms with Crippen LogP contribution in [-0.4, -0.2) is 15.0 Å². The van der Waals surface area contributed by atoms with Gasteiger partial charge >= 0.3 is 0 Å². The molecule has 0 saturated heterocycles. The number of furan rings is 1. The van der Waals surface area contributed by atoms with Gasteiger partial charge in [0.1, 0.15) is 0 Å². The van der Waals surface area contributed by atoms with Crippen molar-refractivity contribution in [2.24, 2.45) is 0 Å². The predicted molar refractivity (Wildman–Crippen MR) is 204 cm³/mol. The third-order valence-corrected chi connectivity index (χ3v) is 9.41. The van der Waals surface area contributed by atoms with E-state index in [4.69, 9.17) is 14.4 Å². The molecular formula is C45H45IrN3O-2. The fourth-order valence-electron chi connectivity index (χ4n) is 6.73. The van der Waals surface area contributed by atoms with Crippen LogP contribution in [0.15, 0.2) is 108 Å². The van der Waals surface area contributed by atoms with Gasteiger partial charge < -0.3 is 14.4 Å². The minimum Gasteiger partial charge on any atom is -0.486 e. The molecule has 1 radical (unpaired) electrons. The second kappa shape index (κ2) is 16.5. The van der Waals surface area contributed by atoms with E-state index in [1.165, 1.54) is 27.8 Å². The van der Waals surface area contributed by atoms with Crippen LogP contribution in [0, 0.1) is 19.1 Å². The van der Waals surface area contributed by atoms with Crippen LogP contribution in [0.1, 0.15) is 94.4 Å². The molecule has 0 spiro atoms. The molecule has 4 aromatic heterocycles. The van der Waals surface area contributed by atoms with Crippen molar-refractivity contribution < 1.29 is 24.5 Å². The van der Waals surface area contributed by atoms with E-state index in [1.807, 2.05) is 54.7 Å². The third-order valence-electron chi connectivity index (χ3n) is 9.41. The van der Waals surface area contributed by atoms with E-state index in [1.54, 1.807) is 6.20 Å². The summed E-state index contributed by atoms with van der Waals surface area (Å²) < 4.78 is 6.48. The zero-order valence-corrected chi connectivity index (χ0v) is 32.4. The second-order valence-electron chi connectivity index (χ2n) is 13.3. The van der Waals surface area contributed by atoms with E-state index in [0.717, 1.165) is 57.4 Å². The molecule has 0 unspecified atom stereocenters. The molecule has 0 aliphatic carbocycles. The molecule has 5 heteroatoms. The van der Waals surface area contributed by atoms with Crippen molar-refractivity contribution in [3.8, 4) is 33.8 Å². The molecule has 0 fully saturated rings. The Morgan fingerprint density at radius 1 is 0.680 bits per heavy atom. The fourth-order valence-corrected chi connectivity index (χ4v) is 6.73. The molecule has 7 aromatic rings. The summed E-state index contributed by atoms with van der Waals surface area (Å²) in [5.74, 6) is 1.35. The van der Waals surface area contributed by atoms with E-state index in [-0.39, 0.29) is 20.1 Å². The summed E-state index contributed by atoms with van der Waals surface area (Å²) in [5, 5.41) is 2.07. The topological polar surface area (TPSA) is 51.8 Å². The number of rotatable bonds is 8. The average Bonchev–Trinajstić information content (AvgIpc) is 3.51. The summed E-state index contributed by atoms with van der Waals surface area (Å²) in [6.07, 6.45) is 6.08. The summed E-state index contributed by atoms with van der Waals surface area (Å²) in [6.45, 7) is 15.7. The maximum Gasteiger partial charge on any atom is 0.216 e. The molecule has 0 bridgehead atoms. The molecule has 4 nitrogen and oxygen atoms in total. The second-order valence-corrected chi connectivity index (χ2v) is 13.3. The summed E-state index contributed by atoms with van der Waals surface area (Å²) in [5.41, 5.74) is 12.7. The van der Waals surface area contributed by atoms with Crippen LogP contribution in [0.5, 0.6) is 0 Å². The van der Waals surface area contributed by atoms with E-state index >= 15 is 0 Å². The van der Waals surface area contributed by atoms with Crippen molar-refractivity contribution in [2.75, 3.05) is 0 Å². The normalized spacial score (nSPS) is 11.2. The maximum atomic E-state index is 6.48. The number of aromatic nitrogens is 3. The first-order chi connectivity index (χ1) is 23.8. The van der Waals surface area contributed by atoms with Gasteiger partial charge in [0.05, 0.1) is 11.3 Å². The van der Waals surface area contributed by atoms with Gasteiger partial charge in [-0.05, 0) is 83.8 Å². The van der Waals surface area contributed by atoms with Gasteiger partial charge in [0, 0.05) is 43.4 Å². The van der Waals surface area contributed by atoms with Gasteiger partial charge in [-0.3, -0.25) is 0 Å². The Bertz CT molecular complexity index is 2100. The van der Waals surface area contributed by atoms with Gasteiger partial charge in [-0.2, -0.15) is 0 Å². The molecule has 0 aliphatic heterocycles. The molecule has 0 saturated carbocycles. The number of benzene rings is 3. The third kappa shape index (κ3) is 7.65. The summed E-state index contributed by atoms with van der Waals surface area (Å²) in [7, 11) is 0. The number of pyridine rings is 3. The van der Waals surface area contributed by atoms with Crippen LogP contribution in [0.4, 0.5) is 0 Å². The SMILES string of the molecule is CCC(CC)c1cnc(-c2[c-]ccc3c2oc2nc(-c4c(C(C)C)cccc4C(C)C)ccc23)cc1C.[Ir].[c-]1ccccc1-c1ccccn1. The number of hydrogen-bond donors (Lipinski definition) is 0. The van der Waals surface area contributed by atoms with E-state index < -0.39 is 0 Å². The number of aryl methyl sites for hydroxylation is 1. The van der Waals surface area contributed by atoms with Crippen LogP contribution in [0.25, 0.3) is 55.8 Å². The summed E-state index contributed by atoms with van der Waals surface area (Å²) >= 11 is 0. The molecule has 50 heavy (non-hydrogen) atoms. The number of fused-ring (bicyclic) bond motifs is 3. The Morgan fingerprint density at radius 3 is 2.04 bits per heavy atom. The quantitative estimate of drug-likeness (QED) is 0.143. The van der Waals surface area contributed by atoms with Crippen molar-refractivity contribution in [3.63, 3.8) is 0 Å². The number of hydrogen-bond acceptors (Lipinski definition) is 4. The predicted octanol–water partition coefficient (Wildman–Crippen LogP) is 12.5. The van der Waals surface area contributed by atoms with Crippen LogP contribution >= 0.6 is 0 Å². The van der Waals surface area contributed by atoms with E-state index in [2.05, 4.69) is 108 Å². The van der Waals surface area contributed by atoms with Crippen molar-refractivity contribution in [1.82, 2.24) is 15.0 Å². The first kappa shape index (κ1) is 36.8. The van der Waals surface area contributed by atoms with Crippen molar-refractivity contribution in [2.45, 2.75) is 79.1 Å². The Labute approximate surface area is 310 Å². The van der Waals surface area contributed by atoms with Crippen molar-refractivity contribution in [1.29, 1.82) is 0 Å². The Kier molecular flexibility index (Phi) is 12.2.